The maximum absolute atomic E-state index is 11.0. The summed E-state index contributed by atoms with van der Waals surface area (Å²) < 4.78 is 20.4. The van der Waals surface area contributed by atoms with E-state index in [1.54, 1.807) is 7.11 Å². The largest absolute Gasteiger partial charge is 0.591 e. The van der Waals surface area contributed by atoms with Crippen LogP contribution < -0.4 is 9.88 Å². The summed E-state index contributed by atoms with van der Waals surface area (Å²) in [7, 11) is 1.60. The molecule has 2 aromatic rings. The maximum Gasteiger partial charge on any atom is 0.342 e. The van der Waals surface area contributed by atoms with Crippen LogP contribution in [-0.2, 0) is 11.4 Å². The van der Waals surface area contributed by atoms with Crippen LogP contribution >= 0.6 is 11.5 Å². The lowest BCUT2D eigenvalue weighted by atomic mass is 10.2. The van der Waals surface area contributed by atoms with Crippen molar-refractivity contribution in [3.63, 3.8) is 0 Å². The molecule has 0 radical (unpaired) electrons. The van der Waals surface area contributed by atoms with Crippen LogP contribution in [0.5, 0.6) is 5.75 Å². The van der Waals surface area contributed by atoms with E-state index in [0.717, 1.165) is 22.8 Å². The van der Waals surface area contributed by atoms with Gasteiger partial charge in [0.15, 0.2) is 5.82 Å². The summed E-state index contributed by atoms with van der Waals surface area (Å²) in [6.45, 7) is 0. The van der Waals surface area contributed by atoms with Crippen LogP contribution in [-0.4, -0.2) is 21.0 Å². The van der Waals surface area contributed by atoms with Crippen LogP contribution in [0.2, 0.25) is 0 Å². The highest BCUT2D eigenvalue weighted by Crippen LogP contribution is 2.22. The molecule has 0 aliphatic carbocycles. The molecular formula is C9H9N3O2S2. The first kappa shape index (κ1) is 11.3. The fourth-order valence-electron chi connectivity index (χ4n) is 1.15. The Hall–Kier alpha value is -1.15. The standard InChI is InChI=1S/C9H9N3O2S2/c1-14-7-4-2-6(3-5-7)8-11-9(15-12-8)16(10)13/h2-5H,10H2,1H3. The molecule has 1 aromatic carbocycles. The van der Waals surface area contributed by atoms with E-state index in [1.165, 1.54) is 0 Å². The van der Waals surface area contributed by atoms with Crippen LogP contribution in [0.1, 0.15) is 0 Å². The van der Waals surface area contributed by atoms with Crippen molar-refractivity contribution in [2.75, 3.05) is 7.11 Å². The zero-order valence-corrected chi connectivity index (χ0v) is 10.0. The van der Waals surface area contributed by atoms with Crippen LogP contribution in [0.4, 0.5) is 0 Å². The molecule has 0 aliphatic heterocycles. The number of nitrogens with zero attached hydrogens (tertiary/aromatic N) is 2. The predicted octanol–water partition coefficient (Wildman–Crippen LogP) is 1.20. The molecule has 0 aliphatic rings. The summed E-state index contributed by atoms with van der Waals surface area (Å²) in [6.07, 6.45) is 0. The van der Waals surface area contributed by atoms with Crippen molar-refractivity contribution < 1.29 is 9.29 Å². The third-order valence-electron chi connectivity index (χ3n) is 1.93. The van der Waals surface area contributed by atoms with Gasteiger partial charge in [-0.25, -0.2) is 0 Å². The third kappa shape index (κ3) is 2.33. The Morgan fingerprint density at radius 2 is 2.06 bits per heavy atom. The molecule has 7 heteroatoms. The number of aromatic nitrogens is 2. The lowest BCUT2D eigenvalue weighted by Crippen LogP contribution is -2.11. The first-order valence-electron chi connectivity index (χ1n) is 4.35. The summed E-state index contributed by atoms with van der Waals surface area (Å²) in [4.78, 5) is 4.08. The van der Waals surface area contributed by atoms with E-state index in [4.69, 9.17) is 9.88 Å². The average molecular weight is 255 g/mol. The lowest BCUT2D eigenvalue weighted by Gasteiger charge is -1.99. The van der Waals surface area contributed by atoms with Gasteiger partial charge in [0, 0.05) is 17.1 Å². The topological polar surface area (TPSA) is 84.1 Å². The van der Waals surface area contributed by atoms with Gasteiger partial charge < -0.3 is 9.29 Å². The van der Waals surface area contributed by atoms with Crippen molar-refractivity contribution in [2.45, 2.75) is 4.34 Å². The quantitative estimate of drug-likeness (QED) is 0.833. The molecule has 5 nitrogen and oxygen atoms in total. The van der Waals surface area contributed by atoms with E-state index in [2.05, 4.69) is 9.36 Å². The Bertz CT molecular complexity index is 470. The van der Waals surface area contributed by atoms with Gasteiger partial charge in [-0.05, 0) is 24.3 Å². The molecule has 0 bridgehead atoms. The second-order valence-electron chi connectivity index (χ2n) is 2.91. The molecule has 0 amide bonds. The molecule has 84 valence electrons. The summed E-state index contributed by atoms with van der Waals surface area (Å²) >= 11 is -0.523. The molecule has 1 heterocycles. The zero-order chi connectivity index (χ0) is 11.5. The minimum Gasteiger partial charge on any atom is -0.591 e. The SMILES string of the molecule is COc1ccc(-c2nsc([S+](N)[O-])n2)cc1. The molecule has 0 saturated heterocycles. The molecule has 2 rings (SSSR count). The Balaban J connectivity index is 2.28. The lowest BCUT2D eigenvalue weighted by molar-refractivity contribution is 0.415. The number of rotatable bonds is 3. The van der Waals surface area contributed by atoms with E-state index in [0.29, 0.717) is 10.2 Å². The second-order valence-corrected chi connectivity index (χ2v) is 4.90. The molecule has 2 N–H and O–H groups in total. The van der Waals surface area contributed by atoms with Gasteiger partial charge in [0.1, 0.15) is 17.1 Å². The average Bonchev–Trinajstić information content (AvgIpc) is 2.78. The number of hydrogen-bond donors (Lipinski definition) is 1. The summed E-state index contributed by atoms with van der Waals surface area (Å²) in [5, 5.41) is 5.21. The van der Waals surface area contributed by atoms with E-state index in [9.17, 15) is 4.55 Å². The third-order valence-corrected chi connectivity index (χ3v) is 3.59. The fourth-order valence-corrected chi connectivity index (χ4v) is 2.17. The van der Waals surface area contributed by atoms with E-state index in [1.807, 2.05) is 24.3 Å². The summed E-state index contributed by atoms with van der Waals surface area (Å²) in [5.41, 5.74) is 0.841. The second kappa shape index (κ2) is 4.79. The smallest absolute Gasteiger partial charge is 0.342 e. The van der Waals surface area contributed by atoms with Crippen LogP contribution in [0.3, 0.4) is 0 Å². The molecule has 0 spiro atoms. The maximum atomic E-state index is 11.0. The van der Waals surface area contributed by atoms with Crippen LogP contribution in [0.15, 0.2) is 28.6 Å². The molecule has 1 unspecified atom stereocenters. The van der Waals surface area contributed by atoms with Gasteiger partial charge in [0.05, 0.1) is 7.11 Å². The van der Waals surface area contributed by atoms with Gasteiger partial charge in [0.25, 0.3) is 0 Å². The van der Waals surface area contributed by atoms with E-state index in [-0.39, 0.29) is 0 Å². The van der Waals surface area contributed by atoms with Gasteiger partial charge in [-0.2, -0.15) is 9.36 Å². The molecule has 0 fully saturated rings. The highest BCUT2D eigenvalue weighted by atomic mass is 32.2. The normalized spacial score (nSPS) is 12.4. The van der Waals surface area contributed by atoms with Gasteiger partial charge in [-0.3, -0.25) is 0 Å². The molecule has 1 aromatic heterocycles. The van der Waals surface area contributed by atoms with Gasteiger partial charge in [-0.1, -0.05) is 0 Å². The molecule has 0 saturated carbocycles. The minimum absolute atomic E-state index is 0.325. The first-order valence-corrected chi connectivity index (χ1v) is 6.33. The fraction of sp³-hybridized carbons (Fsp3) is 0.111. The Labute approximate surface area is 99.8 Å². The Kier molecular flexibility index (Phi) is 3.39. The molecule has 16 heavy (non-hydrogen) atoms. The monoisotopic (exact) mass is 255 g/mol. The number of benzene rings is 1. The first-order chi connectivity index (χ1) is 7.70. The van der Waals surface area contributed by atoms with Crippen LogP contribution in [0.25, 0.3) is 11.4 Å². The van der Waals surface area contributed by atoms with Crippen molar-refractivity contribution in [2.24, 2.45) is 5.14 Å². The van der Waals surface area contributed by atoms with Crippen molar-refractivity contribution in [1.29, 1.82) is 0 Å². The van der Waals surface area contributed by atoms with Crippen molar-refractivity contribution >= 4 is 22.9 Å². The van der Waals surface area contributed by atoms with Gasteiger partial charge in [-0.15, -0.1) is 5.14 Å². The predicted molar refractivity (Wildman–Crippen MR) is 62.5 cm³/mol. The Morgan fingerprint density at radius 1 is 1.38 bits per heavy atom. The van der Waals surface area contributed by atoms with Crippen molar-refractivity contribution in [3.8, 4) is 17.1 Å². The summed E-state index contributed by atoms with van der Waals surface area (Å²) in [6, 6.07) is 7.30. The van der Waals surface area contributed by atoms with Crippen LogP contribution in [0, 0.1) is 0 Å². The van der Waals surface area contributed by atoms with E-state index < -0.39 is 11.4 Å². The molecular weight excluding hydrogens is 246 g/mol. The highest BCUT2D eigenvalue weighted by Gasteiger charge is 2.14. The Morgan fingerprint density at radius 3 is 2.56 bits per heavy atom. The van der Waals surface area contributed by atoms with Gasteiger partial charge >= 0.3 is 4.34 Å². The zero-order valence-electron chi connectivity index (χ0n) is 8.41. The van der Waals surface area contributed by atoms with Gasteiger partial charge in [0.2, 0.25) is 0 Å². The number of nitrogens with two attached hydrogens (primary N) is 1. The number of methoxy groups -OCH3 is 1. The molecule has 1 atom stereocenters. The summed E-state index contributed by atoms with van der Waals surface area (Å²) in [5.74, 6) is 1.29. The number of hydrogen-bond acceptors (Lipinski definition) is 6. The highest BCUT2D eigenvalue weighted by molar-refractivity contribution is 7.91. The van der Waals surface area contributed by atoms with E-state index >= 15 is 0 Å². The minimum atomic E-state index is -1.57. The van der Waals surface area contributed by atoms with Crippen molar-refractivity contribution in [1.82, 2.24) is 9.36 Å². The number of ether oxygens (including phenoxy) is 1. The van der Waals surface area contributed by atoms with Crippen molar-refractivity contribution in [3.05, 3.63) is 24.3 Å².